The van der Waals surface area contributed by atoms with E-state index in [1.807, 2.05) is 34.9 Å². The van der Waals surface area contributed by atoms with E-state index in [-0.39, 0.29) is 0 Å². The van der Waals surface area contributed by atoms with Gasteiger partial charge in [-0.15, -0.1) is 6.54 Å². The minimum atomic E-state index is -3.44. The van der Waals surface area contributed by atoms with Crippen LogP contribution in [0.5, 0.6) is 0 Å². The molecule has 286 valence electrons. The lowest BCUT2D eigenvalue weighted by atomic mass is 10.1. The first-order chi connectivity index (χ1) is 24.1. The number of imidazole rings is 1. The van der Waals surface area contributed by atoms with E-state index in [1.54, 1.807) is 0 Å². The van der Waals surface area contributed by atoms with Crippen molar-refractivity contribution in [1.82, 2.24) is 4.57 Å². The Labute approximate surface area is 304 Å². The van der Waals surface area contributed by atoms with Crippen LogP contribution in [-0.4, -0.2) is 24.3 Å². The molecule has 0 fully saturated rings. The molecule has 49 heavy (non-hydrogen) atoms. The van der Waals surface area contributed by atoms with Gasteiger partial charge in [-0.25, -0.2) is 9.13 Å². The topological polar surface area (TPSA) is 58.4 Å². The molecule has 0 N–H and O–H groups in total. The predicted molar refractivity (Wildman–Crippen MR) is 212 cm³/mol. The largest absolute Gasteiger partial charge is 0.552 e. The van der Waals surface area contributed by atoms with E-state index in [9.17, 15) is 4.57 Å². The van der Waals surface area contributed by atoms with Crippen LogP contribution in [0.15, 0.2) is 43.0 Å². The third-order valence-electron chi connectivity index (χ3n) is 9.28. The van der Waals surface area contributed by atoms with Gasteiger partial charge in [-0.05, 0) is 64.2 Å². The normalized spacial score (nSPS) is 12.3. The molecule has 0 aliphatic carbocycles. The van der Waals surface area contributed by atoms with Crippen LogP contribution in [-0.2, 0) is 27.2 Å². The second-order valence-electron chi connectivity index (χ2n) is 14.2. The van der Waals surface area contributed by atoms with Gasteiger partial charge in [0.25, 0.3) is 0 Å². The standard InChI is InChI=1S/C42H80N3O3P/c1-4-6-8-10-12-14-16-18-20-22-24-26-28-30-32-34-40-47-49(46,43-36-37-45-39-38-44(3)42-45)48-41-35-33-31-29-27-25-23-21-19-17-15-13-11-9-7-5-2/h18-21,38-39,42H,4-17,22-37,40-41H2,1-3H3/b20-18+,21-19+. The number of nitrogens with zero attached hydrogens (tertiary/aromatic N) is 3. The van der Waals surface area contributed by atoms with Crippen molar-refractivity contribution in [3.8, 4) is 0 Å². The molecule has 0 aliphatic rings. The summed E-state index contributed by atoms with van der Waals surface area (Å²) in [7, 11) is -1.44. The van der Waals surface area contributed by atoms with Crippen molar-refractivity contribution in [3.05, 3.63) is 48.1 Å². The molecule has 0 saturated carbocycles. The fourth-order valence-electron chi connectivity index (χ4n) is 6.09. The van der Waals surface area contributed by atoms with Crippen molar-refractivity contribution in [3.63, 3.8) is 0 Å². The fraction of sp³-hybridized carbons (Fsp3) is 0.833. The third kappa shape index (κ3) is 31.3. The van der Waals surface area contributed by atoms with Gasteiger partial charge in [-0.3, -0.25) is 4.57 Å². The number of hydrogen-bond acceptors (Lipinski definition) is 3. The maximum Gasteiger partial charge on any atom is 0.243 e. The molecule has 0 atom stereocenters. The summed E-state index contributed by atoms with van der Waals surface area (Å²) in [5.41, 5.74) is 0. The van der Waals surface area contributed by atoms with Crippen molar-refractivity contribution >= 4 is 7.75 Å². The predicted octanol–water partition coefficient (Wildman–Crippen LogP) is 13.9. The van der Waals surface area contributed by atoms with Gasteiger partial charge in [0.1, 0.15) is 12.4 Å². The van der Waals surface area contributed by atoms with Crippen LogP contribution in [0.3, 0.4) is 0 Å². The summed E-state index contributed by atoms with van der Waals surface area (Å²) in [5.74, 6) is 0. The summed E-state index contributed by atoms with van der Waals surface area (Å²) >= 11 is 0. The lowest BCUT2D eigenvalue weighted by Crippen LogP contribution is -2.23. The lowest BCUT2D eigenvalue weighted by Gasteiger charge is -2.30. The van der Waals surface area contributed by atoms with Crippen molar-refractivity contribution in [2.24, 2.45) is 7.05 Å². The van der Waals surface area contributed by atoms with E-state index >= 15 is 0 Å². The molecule has 1 aromatic rings. The molecular weight excluding hydrogens is 625 g/mol. The summed E-state index contributed by atoms with van der Waals surface area (Å²) in [6.07, 6.45) is 51.0. The minimum absolute atomic E-state index is 0.423. The molecule has 6 nitrogen and oxygen atoms in total. The van der Waals surface area contributed by atoms with Gasteiger partial charge < -0.3 is 14.1 Å². The zero-order valence-corrected chi connectivity index (χ0v) is 33.6. The Morgan fingerprint density at radius 1 is 0.571 bits per heavy atom. The number of aryl methyl sites for hydroxylation is 1. The van der Waals surface area contributed by atoms with Crippen molar-refractivity contribution in [2.45, 2.75) is 200 Å². The van der Waals surface area contributed by atoms with E-state index in [2.05, 4.69) is 43.2 Å². The number of allylic oxidation sites excluding steroid dienone is 4. The van der Waals surface area contributed by atoms with E-state index in [0.29, 0.717) is 26.3 Å². The number of unbranched alkanes of at least 4 members (excludes halogenated alkanes) is 24. The van der Waals surface area contributed by atoms with Gasteiger partial charge in [-0.1, -0.05) is 154 Å². The summed E-state index contributed by atoms with van der Waals surface area (Å²) < 4.78 is 29.2. The maximum atomic E-state index is 13.5. The van der Waals surface area contributed by atoms with E-state index in [1.165, 1.54) is 154 Å². The zero-order valence-electron chi connectivity index (χ0n) is 32.7. The number of aromatic nitrogens is 2. The molecular formula is C42H80N3O3P. The molecule has 0 amide bonds. The van der Waals surface area contributed by atoms with Gasteiger partial charge in [0.05, 0.1) is 26.8 Å². The first-order valence-corrected chi connectivity index (χ1v) is 22.5. The van der Waals surface area contributed by atoms with Crippen LogP contribution < -0.4 is 4.57 Å². The third-order valence-corrected chi connectivity index (χ3v) is 10.8. The number of rotatable bonds is 38. The minimum Gasteiger partial charge on any atom is -0.552 e. The Hall–Kier alpha value is -1.20. The Bertz CT molecular complexity index is 884. The SMILES string of the molecule is CCCCCCCC/C=C/CCCCCCCCOP(=O)([N-]CCn1cc[n+](C)c1)OCCCCCCCC/C=C/CCCCCCCC. The van der Waals surface area contributed by atoms with Gasteiger partial charge in [0.2, 0.25) is 14.1 Å². The highest BCUT2D eigenvalue weighted by atomic mass is 31.2. The van der Waals surface area contributed by atoms with Gasteiger partial charge >= 0.3 is 0 Å². The van der Waals surface area contributed by atoms with E-state index < -0.39 is 7.75 Å². The Morgan fingerprint density at radius 3 is 1.31 bits per heavy atom. The Balaban J connectivity index is 2.12. The van der Waals surface area contributed by atoms with Crippen molar-refractivity contribution < 1.29 is 18.2 Å². The molecule has 0 aromatic carbocycles. The van der Waals surface area contributed by atoms with Crippen molar-refractivity contribution in [2.75, 3.05) is 19.8 Å². The molecule has 0 aliphatic heterocycles. The molecule has 1 heterocycles. The quantitative estimate of drug-likeness (QED) is 0.0298. The van der Waals surface area contributed by atoms with Gasteiger partial charge in [-0.2, -0.15) is 0 Å². The highest BCUT2D eigenvalue weighted by Gasteiger charge is 2.13. The van der Waals surface area contributed by atoms with E-state index in [4.69, 9.17) is 9.05 Å². The van der Waals surface area contributed by atoms with Crippen LogP contribution in [0.4, 0.5) is 0 Å². The molecule has 0 saturated heterocycles. The van der Waals surface area contributed by atoms with E-state index in [0.717, 1.165) is 25.7 Å². The summed E-state index contributed by atoms with van der Waals surface area (Å²) in [6.45, 7) is 6.55. The monoisotopic (exact) mass is 706 g/mol. The van der Waals surface area contributed by atoms with Crippen LogP contribution in [0.2, 0.25) is 0 Å². The Kier molecular flexibility index (Phi) is 32.9. The molecule has 1 rings (SSSR count). The summed E-state index contributed by atoms with van der Waals surface area (Å²) in [5, 5.41) is 4.45. The average Bonchev–Trinajstić information content (AvgIpc) is 3.52. The first-order valence-electron chi connectivity index (χ1n) is 21.0. The second-order valence-corrected chi connectivity index (χ2v) is 15.9. The lowest BCUT2D eigenvalue weighted by molar-refractivity contribution is -0.671. The molecule has 7 heteroatoms. The maximum absolute atomic E-state index is 13.5. The Morgan fingerprint density at radius 2 is 0.939 bits per heavy atom. The fourth-order valence-corrected chi connectivity index (χ4v) is 7.39. The highest BCUT2D eigenvalue weighted by molar-refractivity contribution is 7.56. The molecule has 0 bridgehead atoms. The molecule has 0 radical (unpaired) electrons. The number of hydrogen-bond donors (Lipinski definition) is 0. The molecule has 0 unspecified atom stereocenters. The summed E-state index contributed by atoms with van der Waals surface area (Å²) in [6, 6.07) is 0. The smallest absolute Gasteiger partial charge is 0.243 e. The zero-order chi connectivity index (χ0) is 35.4. The van der Waals surface area contributed by atoms with Crippen LogP contribution in [0.25, 0.3) is 5.09 Å². The molecule has 0 spiro atoms. The second kappa shape index (κ2) is 35.2. The highest BCUT2D eigenvalue weighted by Crippen LogP contribution is 2.54. The van der Waals surface area contributed by atoms with Gasteiger partial charge in [0, 0.05) is 0 Å². The van der Waals surface area contributed by atoms with Crippen molar-refractivity contribution in [1.29, 1.82) is 0 Å². The van der Waals surface area contributed by atoms with Crippen LogP contribution >= 0.6 is 7.75 Å². The van der Waals surface area contributed by atoms with Crippen LogP contribution in [0.1, 0.15) is 194 Å². The first kappa shape index (κ1) is 45.8. The summed E-state index contributed by atoms with van der Waals surface area (Å²) in [4.78, 5) is 0. The average molecular weight is 706 g/mol. The van der Waals surface area contributed by atoms with Crippen LogP contribution in [0, 0.1) is 0 Å². The van der Waals surface area contributed by atoms with Gasteiger partial charge in [0.15, 0.2) is 0 Å². The molecule has 1 aromatic heterocycles.